The highest BCUT2D eigenvalue weighted by molar-refractivity contribution is 7.90. The molecule has 0 radical (unpaired) electrons. The molecular formula is C9H10F2N2O6S2. The van der Waals surface area contributed by atoms with Crippen LogP contribution in [0.1, 0.15) is 10.4 Å². The Morgan fingerprint density at radius 2 is 1.81 bits per heavy atom. The molecule has 0 saturated heterocycles. The maximum Gasteiger partial charge on any atom is 0.335 e. The molecule has 0 amide bonds. The van der Waals surface area contributed by atoms with Gasteiger partial charge < -0.3 is 5.11 Å². The van der Waals surface area contributed by atoms with Gasteiger partial charge in [0.2, 0.25) is 20.0 Å². The smallest absolute Gasteiger partial charge is 0.335 e. The summed E-state index contributed by atoms with van der Waals surface area (Å²) in [5.41, 5.74) is -0.777. The summed E-state index contributed by atoms with van der Waals surface area (Å²) in [5.74, 6) is -5.87. The molecule has 0 aliphatic heterocycles. The Morgan fingerprint density at radius 1 is 1.24 bits per heavy atom. The zero-order valence-electron chi connectivity index (χ0n) is 10.2. The quantitative estimate of drug-likeness (QED) is 0.618. The van der Waals surface area contributed by atoms with E-state index < -0.39 is 60.4 Å². The molecule has 0 fully saturated rings. The number of primary sulfonamides is 1. The van der Waals surface area contributed by atoms with E-state index in [4.69, 9.17) is 5.11 Å². The van der Waals surface area contributed by atoms with Gasteiger partial charge in [-0.25, -0.2) is 40.3 Å². The molecule has 21 heavy (non-hydrogen) atoms. The van der Waals surface area contributed by atoms with E-state index in [1.54, 1.807) is 4.72 Å². The molecule has 0 aliphatic carbocycles. The number of aromatic carboxylic acids is 1. The second-order valence-electron chi connectivity index (χ2n) is 3.84. The van der Waals surface area contributed by atoms with E-state index in [-0.39, 0.29) is 0 Å². The molecule has 1 aromatic carbocycles. The van der Waals surface area contributed by atoms with Crippen molar-refractivity contribution in [1.29, 1.82) is 0 Å². The van der Waals surface area contributed by atoms with Crippen molar-refractivity contribution < 1.29 is 35.5 Å². The lowest BCUT2D eigenvalue weighted by Gasteiger charge is -2.08. The molecule has 0 atom stereocenters. The van der Waals surface area contributed by atoms with Gasteiger partial charge in [-0.15, -0.1) is 0 Å². The van der Waals surface area contributed by atoms with Crippen LogP contribution in [-0.2, 0) is 20.0 Å². The van der Waals surface area contributed by atoms with Crippen molar-refractivity contribution in [2.24, 2.45) is 5.14 Å². The number of sulfonamides is 2. The fourth-order valence-electron chi connectivity index (χ4n) is 1.28. The second-order valence-corrected chi connectivity index (χ2v) is 7.31. The molecule has 1 rings (SSSR count). The van der Waals surface area contributed by atoms with Crippen molar-refractivity contribution in [3.8, 4) is 0 Å². The van der Waals surface area contributed by atoms with Crippen molar-refractivity contribution >= 4 is 26.0 Å². The summed E-state index contributed by atoms with van der Waals surface area (Å²) in [6, 6.07) is 0.737. The SMILES string of the molecule is NS(=O)(=O)CCNS(=O)(=O)c1cc(C(=O)O)cc(F)c1F. The van der Waals surface area contributed by atoms with E-state index in [0.29, 0.717) is 12.1 Å². The topological polar surface area (TPSA) is 144 Å². The molecule has 12 heteroatoms. The number of benzene rings is 1. The average Bonchev–Trinajstić information content (AvgIpc) is 2.29. The minimum absolute atomic E-state index is 0.320. The Morgan fingerprint density at radius 3 is 2.29 bits per heavy atom. The summed E-state index contributed by atoms with van der Waals surface area (Å²) in [7, 11) is -8.60. The lowest BCUT2D eigenvalue weighted by Crippen LogP contribution is -2.32. The predicted molar refractivity (Wildman–Crippen MR) is 66.5 cm³/mol. The summed E-state index contributed by atoms with van der Waals surface area (Å²) < 4.78 is 73.1. The normalized spacial score (nSPS) is 12.3. The van der Waals surface area contributed by atoms with Gasteiger partial charge in [-0.05, 0) is 12.1 Å². The highest BCUT2D eigenvalue weighted by Gasteiger charge is 2.24. The van der Waals surface area contributed by atoms with Crippen LogP contribution in [0, 0.1) is 11.6 Å². The van der Waals surface area contributed by atoms with E-state index in [0.717, 1.165) is 0 Å². The molecule has 0 heterocycles. The Bertz CT molecular complexity index is 776. The van der Waals surface area contributed by atoms with Crippen LogP contribution in [0.3, 0.4) is 0 Å². The third-order valence-electron chi connectivity index (χ3n) is 2.21. The molecule has 4 N–H and O–H groups in total. The summed E-state index contributed by atoms with van der Waals surface area (Å²) in [5, 5.41) is 13.3. The van der Waals surface area contributed by atoms with Crippen LogP contribution in [0.15, 0.2) is 17.0 Å². The van der Waals surface area contributed by atoms with Crippen molar-refractivity contribution in [3.05, 3.63) is 29.3 Å². The van der Waals surface area contributed by atoms with Gasteiger partial charge in [0.05, 0.1) is 11.3 Å². The van der Waals surface area contributed by atoms with E-state index in [9.17, 15) is 30.4 Å². The maximum absolute atomic E-state index is 13.5. The summed E-state index contributed by atoms with van der Waals surface area (Å²) in [4.78, 5) is 9.45. The zero-order chi connectivity index (χ0) is 16.4. The molecule has 0 unspecified atom stereocenters. The van der Waals surface area contributed by atoms with Gasteiger partial charge >= 0.3 is 5.97 Å². The largest absolute Gasteiger partial charge is 0.478 e. The molecule has 1 aromatic rings. The van der Waals surface area contributed by atoms with Crippen LogP contribution in [0.2, 0.25) is 0 Å². The Hall–Kier alpha value is -1.63. The van der Waals surface area contributed by atoms with Gasteiger partial charge in [0.15, 0.2) is 11.6 Å². The third-order valence-corrected chi connectivity index (χ3v) is 4.44. The number of carboxylic acids is 1. The first-order chi connectivity index (χ1) is 9.44. The Balaban J connectivity index is 3.16. The number of nitrogens with two attached hydrogens (primary N) is 1. The third kappa shape index (κ3) is 4.70. The average molecular weight is 344 g/mol. The fourth-order valence-corrected chi connectivity index (χ4v) is 2.94. The molecule has 8 nitrogen and oxygen atoms in total. The predicted octanol–water partition coefficient (Wildman–Crippen LogP) is -0.770. The Labute approximate surface area is 118 Å². The van der Waals surface area contributed by atoms with Crippen LogP contribution in [0.25, 0.3) is 0 Å². The van der Waals surface area contributed by atoms with E-state index in [2.05, 4.69) is 5.14 Å². The molecule has 118 valence electrons. The highest BCUT2D eigenvalue weighted by Crippen LogP contribution is 2.19. The number of carbonyl (C=O) groups is 1. The molecular weight excluding hydrogens is 334 g/mol. The fraction of sp³-hybridized carbons (Fsp3) is 0.222. The van der Waals surface area contributed by atoms with Gasteiger partial charge in [0, 0.05) is 6.54 Å². The molecule has 0 aliphatic rings. The minimum atomic E-state index is -4.64. The van der Waals surface area contributed by atoms with Gasteiger partial charge in [-0.3, -0.25) is 0 Å². The number of carboxylic acid groups (broad SMARTS) is 1. The zero-order valence-corrected chi connectivity index (χ0v) is 11.8. The summed E-state index contributed by atoms with van der Waals surface area (Å²) in [6.45, 7) is -0.681. The van der Waals surface area contributed by atoms with Crippen molar-refractivity contribution in [2.75, 3.05) is 12.3 Å². The van der Waals surface area contributed by atoms with E-state index in [1.807, 2.05) is 0 Å². The van der Waals surface area contributed by atoms with Gasteiger partial charge in [0.25, 0.3) is 0 Å². The molecule has 0 saturated carbocycles. The van der Waals surface area contributed by atoms with E-state index >= 15 is 0 Å². The number of hydrogen-bond acceptors (Lipinski definition) is 5. The lowest BCUT2D eigenvalue weighted by molar-refractivity contribution is 0.0696. The minimum Gasteiger partial charge on any atom is -0.478 e. The van der Waals surface area contributed by atoms with Crippen LogP contribution < -0.4 is 9.86 Å². The van der Waals surface area contributed by atoms with Gasteiger partial charge in [-0.2, -0.15) is 0 Å². The Kier molecular flexibility index (Phi) is 4.99. The van der Waals surface area contributed by atoms with E-state index in [1.165, 1.54) is 0 Å². The molecule has 0 spiro atoms. The van der Waals surface area contributed by atoms with Crippen LogP contribution in [0.4, 0.5) is 8.78 Å². The molecule has 0 aromatic heterocycles. The second kappa shape index (κ2) is 6.01. The number of hydrogen-bond donors (Lipinski definition) is 3. The van der Waals surface area contributed by atoms with Crippen molar-refractivity contribution in [1.82, 2.24) is 4.72 Å². The summed E-state index contributed by atoms with van der Waals surface area (Å²) >= 11 is 0. The van der Waals surface area contributed by atoms with Crippen LogP contribution in [-0.4, -0.2) is 40.2 Å². The van der Waals surface area contributed by atoms with Crippen LogP contribution >= 0.6 is 0 Å². The highest BCUT2D eigenvalue weighted by atomic mass is 32.2. The lowest BCUT2D eigenvalue weighted by atomic mass is 10.2. The first-order valence-corrected chi connectivity index (χ1v) is 8.36. The standard InChI is InChI=1S/C9H10F2N2O6S2/c10-6-3-5(9(14)15)4-7(8(6)11)21(18,19)13-1-2-20(12,16)17/h3-4,13H,1-2H2,(H,14,15)(H2,12,16,17). The maximum atomic E-state index is 13.5. The van der Waals surface area contributed by atoms with Gasteiger partial charge in [0.1, 0.15) is 4.90 Å². The number of rotatable bonds is 6. The van der Waals surface area contributed by atoms with Gasteiger partial charge in [-0.1, -0.05) is 0 Å². The first-order valence-electron chi connectivity index (χ1n) is 5.16. The molecule has 0 bridgehead atoms. The first kappa shape index (κ1) is 17.4. The monoisotopic (exact) mass is 344 g/mol. The summed E-state index contributed by atoms with van der Waals surface area (Å²) in [6.07, 6.45) is 0. The number of nitrogens with one attached hydrogen (secondary N) is 1. The van der Waals surface area contributed by atoms with Crippen molar-refractivity contribution in [3.63, 3.8) is 0 Å². The van der Waals surface area contributed by atoms with Crippen molar-refractivity contribution in [2.45, 2.75) is 4.90 Å². The van der Waals surface area contributed by atoms with Crippen LogP contribution in [0.5, 0.6) is 0 Å². The number of halogens is 2.